The zero-order valence-corrected chi connectivity index (χ0v) is 16.0. The number of halogens is 1. The number of carbonyl (C=O) groups excluding carboxylic acids is 1. The first-order valence-electron chi connectivity index (χ1n) is 9.42. The van der Waals surface area contributed by atoms with Crippen LogP contribution in [0.5, 0.6) is 0 Å². The molecule has 1 aliphatic heterocycles. The predicted octanol–water partition coefficient (Wildman–Crippen LogP) is 5.11. The largest absolute Gasteiger partial charge is 0.478 e. The summed E-state index contributed by atoms with van der Waals surface area (Å²) in [4.78, 5) is 26.4. The minimum atomic E-state index is -0.952. The fourth-order valence-corrected chi connectivity index (χ4v) is 3.90. The van der Waals surface area contributed by atoms with Crippen molar-refractivity contribution in [2.24, 2.45) is 0 Å². The fourth-order valence-electron chi connectivity index (χ4n) is 3.77. The van der Waals surface area contributed by atoms with E-state index in [2.05, 4.69) is 0 Å². The van der Waals surface area contributed by atoms with Crippen molar-refractivity contribution in [1.29, 1.82) is 0 Å². The third kappa shape index (κ3) is 4.89. The van der Waals surface area contributed by atoms with Crippen LogP contribution < -0.4 is 0 Å². The van der Waals surface area contributed by atoms with Crippen molar-refractivity contribution in [2.45, 2.75) is 44.6 Å². The second-order valence-corrected chi connectivity index (χ2v) is 7.40. The first kappa shape index (κ1) is 19.4. The summed E-state index contributed by atoms with van der Waals surface area (Å²) < 4.78 is 0. The van der Waals surface area contributed by atoms with Crippen LogP contribution in [0.25, 0.3) is 0 Å². The monoisotopic (exact) mass is 385 g/mol. The molecular formula is C22H24ClNO3. The summed E-state index contributed by atoms with van der Waals surface area (Å²) in [5.74, 6) is -0.871. The van der Waals surface area contributed by atoms with E-state index in [4.69, 9.17) is 11.6 Å². The highest BCUT2D eigenvalue weighted by Crippen LogP contribution is 2.31. The van der Waals surface area contributed by atoms with E-state index in [1.807, 2.05) is 35.2 Å². The molecule has 2 aromatic carbocycles. The minimum Gasteiger partial charge on any atom is -0.478 e. The minimum absolute atomic E-state index is 0.0620. The van der Waals surface area contributed by atoms with Crippen LogP contribution in [-0.4, -0.2) is 28.4 Å². The zero-order valence-electron chi connectivity index (χ0n) is 15.2. The van der Waals surface area contributed by atoms with Crippen molar-refractivity contribution in [3.8, 4) is 0 Å². The predicted molar refractivity (Wildman–Crippen MR) is 106 cm³/mol. The third-order valence-corrected chi connectivity index (χ3v) is 5.44. The van der Waals surface area contributed by atoms with Gasteiger partial charge in [0.25, 0.3) is 0 Å². The van der Waals surface area contributed by atoms with Gasteiger partial charge in [0, 0.05) is 18.0 Å². The van der Waals surface area contributed by atoms with Crippen LogP contribution in [0.3, 0.4) is 0 Å². The lowest BCUT2D eigenvalue weighted by molar-refractivity contribution is -0.133. The average molecular weight is 386 g/mol. The summed E-state index contributed by atoms with van der Waals surface area (Å²) in [6, 6.07) is 14.7. The molecular weight excluding hydrogens is 362 g/mol. The summed E-state index contributed by atoms with van der Waals surface area (Å²) in [6.45, 7) is 0.743. The van der Waals surface area contributed by atoms with E-state index >= 15 is 0 Å². The molecule has 1 N–H and O–H groups in total. The maximum atomic E-state index is 13.0. The molecule has 27 heavy (non-hydrogen) atoms. The molecule has 1 heterocycles. The molecule has 142 valence electrons. The maximum absolute atomic E-state index is 13.0. The van der Waals surface area contributed by atoms with Crippen molar-refractivity contribution in [3.63, 3.8) is 0 Å². The van der Waals surface area contributed by atoms with E-state index < -0.39 is 5.97 Å². The molecule has 0 bridgehead atoms. The highest BCUT2D eigenvalue weighted by Gasteiger charge is 2.26. The van der Waals surface area contributed by atoms with Crippen LogP contribution >= 0.6 is 11.6 Å². The highest BCUT2D eigenvalue weighted by molar-refractivity contribution is 6.30. The Labute approximate surface area is 164 Å². The zero-order chi connectivity index (χ0) is 19.2. The van der Waals surface area contributed by atoms with E-state index in [1.54, 1.807) is 18.2 Å². The number of aryl methyl sites for hydroxylation is 1. The Morgan fingerprint density at radius 1 is 1.04 bits per heavy atom. The number of rotatable bonds is 5. The molecule has 2 aromatic rings. The number of likely N-dealkylation sites (tertiary alicyclic amines) is 1. The number of aromatic carboxylic acids is 1. The van der Waals surface area contributed by atoms with Crippen molar-refractivity contribution in [2.75, 3.05) is 6.54 Å². The van der Waals surface area contributed by atoms with Gasteiger partial charge in [0.05, 0.1) is 11.6 Å². The van der Waals surface area contributed by atoms with Crippen LogP contribution in [0, 0.1) is 0 Å². The molecule has 0 saturated carbocycles. The first-order chi connectivity index (χ1) is 13.1. The molecule has 1 atom stereocenters. The van der Waals surface area contributed by atoms with Crippen LogP contribution in [0.4, 0.5) is 0 Å². The van der Waals surface area contributed by atoms with E-state index in [1.165, 1.54) is 0 Å². The topological polar surface area (TPSA) is 57.6 Å². The van der Waals surface area contributed by atoms with Crippen LogP contribution in [0.2, 0.25) is 5.02 Å². The first-order valence-corrected chi connectivity index (χ1v) is 9.80. The maximum Gasteiger partial charge on any atom is 0.335 e. The second-order valence-electron chi connectivity index (χ2n) is 6.97. The molecule has 0 spiro atoms. The summed E-state index contributed by atoms with van der Waals surface area (Å²) in [6.07, 6.45) is 4.91. The van der Waals surface area contributed by atoms with Crippen LogP contribution in [0.1, 0.15) is 59.6 Å². The van der Waals surface area contributed by atoms with Gasteiger partial charge in [-0.15, -0.1) is 0 Å². The van der Waals surface area contributed by atoms with Crippen LogP contribution in [-0.2, 0) is 11.2 Å². The van der Waals surface area contributed by atoms with Crippen molar-refractivity contribution >= 4 is 23.5 Å². The Balaban J connectivity index is 1.74. The lowest BCUT2D eigenvalue weighted by Gasteiger charge is -2.31. The molecule has 1 aliphatic rings. The van der Waals surface area contributed by atoms with Gasteiger partial charge in [0.2, 0.25) is 5.91 Å². The molecule has 1 fully saturated rings. The molecule has 3 rings (SSSR count). The number of hydrogen-bond acceptors (Lipinski definition) is 2. The smallest absolute Gasteiger partial charge is 0.335 e. The number of carboxylic acid groups (broad SMARTS) is 1. The van der Waals surface area contributed by atoms with E-state index in [9.17, 15) is 14.7 Å². The van der Waals surface area contributed by atoms with Gasteiger partial charge >= 0.3 is 5.97 Å². The van der Waals surface area contributed by atoms with Gasteiger partial charge in [0.15, 0.2) is 0 Å². The van der Waals surface area contributed by atoms with Crippen molar-refractivity contribution < 1.29 is 14.7 Å². The Morgan fingerprint density at radius 3 is 2.52 bits per heavy atom. The quantitative estimate of drug-likeness (QED) is 0.777. The number of carbonyl (C=O) groups is 2. The number of carboxylic acids is 1. The van der Waals surface area contributed by atoms with E-state index in [0.29, 0.717) is 23.4 Å². The molecule has 1 saturated heterocycles. The molecule has 1 unspecified atom stereocenters. The Morgan fingerprint density at radius 2 is 1.78 bits per heavy atom. The fraction of sp³-hybridized carbons (Fsp3) is 0.364. The van der Waals surface area contributed by atoms with Gasteiger partial charge in [-0.2, -0.15) is 0 Å². The summed E-state index contributed by atoms with van der Waals surface area (Å²) >= 11 is 6.01. The third-order valence-electron chi connectivity index (χ3n) is 5.18. The van der Waals surface area contributed by atoms with Gasteiger partial charge in [-0.05, 0) is 48.6 Å². The standard InChI is InChI=1S/C22H24ClNO3/c23-18-12-9-17(10-13-18)20-8-2-1-5-15-24(20)21(25)14-11-16-6-3-4-7-19(16)22(26)27/h3-4,6-7,9-10,12-13,20H,1-2,5,8,11,14-15H2,(H,26,27). The molecule has 4 nitrogen and oxygen atoms in total. The Bertz CT molecular complexity index is 803. The second kappa shape index (κ2) is 9.05. The van der Waals surface area contributed by atoms with Gasteiger partial charge in [-0.25, -0.2) is 4.79 Å². The molecule has 0 aromatic heterocycles. The summed E-state index contributed by atoms with van der Waals surface area (Å²) in [5.41, 5.74) is 2.09. The number of hydrogen-bond donors (Lipinski definition) is 1. The van der Waals surface area contributed by atoms with Gasteiger partial charge in [-0.1, -0.05) is 54.8 Å². The Hall–Kier alpha value is -2.33. The van der Waals surface area contributed by atoms with Gasteiger partial charge < -0.3 is 10.0 Å². The SMILES string of the molecule is O=C(O)c1ccccc1CCC(=O)N1CCCCCC1c1ccc(Cl)cc1. The lowest BCUT2D eigenvalue weighted by Crippen LogP contribution is -2.35. The molecule has 0 aliphatic carbocycles. The number of amides is 1. The number of nitrogens with zero attached hydrogens (tertiary/aromatic N) is 1. The summed E-state index contributed by atoms with van der Waals surface area (Å²) in [5, 5.41) is 10.0. The molecule has 0 radical (unpaired) electrons. The normalized spacial score (nSPS) is 17.4. The Kier molecular flexibility index (Phi) is 6.51. The van der Waals surface area contributed by atoms with Crippen molar-refractivity contribution in [1.82, 2.24) is 4.90 Å². The molecule has 1 amide bonds. The average Bonchev–Trinajstić information content (AvgIpc) is 2.93. The number of benzene rings is 2. The van der Waals surface area contributed by atoms with Crippen LogP contribution in [0.15, 0.2) is 48.5 Å². The molecule has 5 heteroatoms. The lowest BCUT2D eigenvalue weighted by atomic mass is 9.99. The highest BCUT2D eigenvalue weighted by atomic mass is 35.5. The summed E-state index contributed by atoms with van der Waals surface area (Å²) in [7, 11) is 0. The van der Waals surface area contributed by atoms with Crippen molar-refractivity contribution in [3.05, 3.63) is 70.2 Å². The van der Waals surface area contributed by atoms with Gasteiger partial charge in [-0.3, -0.25) is 4.79 Å². The van der Waals surface area contributed by atoms with E-state index in [0.717, 1.165) is 37.8 Å². The van der Waals surface area contributed by atoms with E-state index in [-0.39, 0.29) is 17.5 Å². The van der Waals surface area contributed by atoms with Gasteiger partial charge in [0.1, 0.15) is 0 Å².